The Balaban J connectivity index is 1.87. The van der Waals surface area contributed by atoms with Gasteiger partial charge >= 0.3 is 5.97 Å². The van der Waals surface area contributed by atoms with Crippen molar-refractivity contribution in [3.8, 4) is 0 Å². The molecule has 3 unspecified atom stereocenters. The predicted molar refractivity (Wildman–Crippen MR) is 71.6 cm³/mol. The lowest BCUT2D eigenvalue weighted by Gasteiger charge is -2.40. The predicted octanol–water partition coefficient (Wildman–Crippen LogP) is 0.929. The van der Waals surface area contributed by atoms with Crippen molar-refractivity contribution in [2.45, 2.75) is 50.6 Å². The lowest BCUT2D eigenvalue weighted by atomic mass is 9.77. The van der Waals surface area contributed by atoms with E-state index in [0.717, 1.165) is 18.8 Å². The quantitative estimate of drug-likeness (QED) is 0.774. The molecule has 1 saturated carbocycles. The van der Waals surface area contributed by atoms with Gasteiger partial charge in [-0.2, -0.15) is 0 Å². The zero-order valence-electron chi connectivity index (χ0n) is 11.9. The number of hydrogen-bond acceptors (Lipinski definition) is 4. The van der Waals surface area contributed by atoms with Gasteiger partial charge in [-0.05, 0) is 31.6 Å². The van der Waals surface area contributed by atoms with Crippen molar-refractivity contribution >= 4 is 11.9 Å². The second kappa shape index (κ2) is 6.37. The molecule has 5 heteroatoms. The summed E-state index contributed by atoms with van der Waals surface area (Å²) in [4.78, 5) is 24.9. The number of nitrogens with one attached hydrogen (secondary N) is 1. The fourth-order valence-corrected chi connectivity index (χ4v) is 3.29. The van der Waals surface area contributed by atoms with Gasteiger partial charge in [0.05, 0.1) is 13.2 Å². The molecule has 19 heavy (non-hydrogen) atoms. The van der Waals surface area contributed by atoms with Crippen molar-refractivity contribution in [1.29, 1.82) is 0 Å². The van der Waals surface area contributed by atoms with Crippen LogP contribution < -0.4 is 5.32 Å². The van der Waals surface area contributed by atoms with Crippen LogP contribution in [0.5, 0.6) is 0 Å². The number of methoxy groups -OCH3 is 1. The van der Waals surface area contributed by atoms with Crippen molar-refractivity contribution in [2.75, 3.05) is 20.7 Å². The Morgan fingerprint density at radius 3 is 2.68 bits per heavy atom. The topological polar surface area (TPSA) is 58.6 Å². The first kappa shape index (κ1) is 14.3. The van der Waals surface area contributed by atoms with E-state index in [9.17, 15) is 9.59 Å². The minimum absolute atomic E-state index is 0.00873. The van der Waals surface area contributed by atoms with Crippen LogP contribution in [0.1, 0.15) is 38.5 Å². The molecule has 0 aromatic rings. The van der Waals surface area contributed by atoms with Crippen LogP contribution in [-0.2, 0) is 14.3 Å². The summed E-state index contributed by atoms with van der Waals surface area (Å²) in [5.74, 6) is 0.375. The summed E-state index contributed by atoms with van der Waals surface area (Å²) in [5.41, 5.74) is 0. The second-order valence-corrected chi connectivity index (χ2v) is 5.72. The maximum absolute atomic E-state index is 12.3. The molecule has 1 N–H and O–H groups in total. The van der Waals surface area contributed by atoms with Gasteiger partial charge in [-0.3, -0.25) is 9.59 Å². The van der Waals surface area contributed by atoms with Gasteiger partial charge in [-0.25, -0.2) is 0 Å². The molecule has 0 aromatic carbocycles. The number of likely N-dealkylation sites (N-methyl/N-ethyl adjacent to an activating group) is 1. The number of amides is 1. The molecular weight excluding hydrogens is 244 g/mol. The number of esters is 1. The molecule has 1 aliphatic heterocycles. The molecule has 108 valence electrons. The Kier molecular flexibility index (Phi) is 4.80. The van der Waals surface area contributed by atoms with Crippen molar-refractivity contribution in [3.63, 3.8) is 0 Å². The molecule has 1 saturated heterocycles. The Hall–Kier alpha value is -1.10. The van der Waals surface area contributed by atoms with Gasteiger partial charge < -0.3 is 15.0 Å². The molecule has 3 atom stereocenters. The highest BCUT2D eigenvalue weighted by Crippen LogP contribution is 2.32. The Labute approximate surface area is 114 Å². The summed E-state index contributed by atoms with van der Waals surface area (Å²) in [5, 5.41) is 3.48. The Bertz CT molecular complexity index is 346. The number of piperidine rings is 1. The summed E-state index contributed by atoms with van der Waals surface area (Å²) in [6.45, 7) is 0.0294. The van der Waals surface area contributed by atoms with E-state index >= 15 is 0 Å². The molecule has 1 aliphatic carbocycles. The van der Waals surface area contributed by atoms with E-state index < -0.39 is 0 Å². The van der Waals surface area contributed by atoms with Crippen LogP contribution in [0.4, 0.5) is 0 Å². The average Bonchev–Trinajstić information content (AvgIpc) is 2.45. The number of carbonyl (C=O) groups excluding carboxylic acids is 2. The second-order valence-electron chi connectivity index (χ2n) is 5.72. The minimum atomic E-state index is -0.373. The van der Waals surface area contributed by atoms with Gasteiger partial charge in [-0.1, -0.05) is 12.8 Å². The van der Waals surface area contributed by atoms with Crippen LogP contribution in [0, 0.1) is 5.92 Å². The van der Waals surface area contributed by atoms with Crippen LogP contribution in [0.15, 0.2) is 0 Å². The van der Waals surface area contributed by atoms with Gasteiger partial charge in [0.25, 0.3) is 0 Å². The molecule has 0 spiro atoms. The van der Waals surface area contributed by atoms with Crippen LogP contribution in [0.25, 0.3) is 0 Å². The van der Waals surface area contributed by atoms with Crippen LogP contribution >= 0.6 is 0 Å². The number of nitrogens with zero attached hydrogens (tertiary/aromatic N) is 1. The highest BCUT2D eigenvalue weighted by Gasteiger charge is 2.35. The van der Waals surface area contributed by atoms with E-state index in [1.165, 1.54) is 37.7 Å². The Morgan fingerprint density at radius 1 is 1.21 bits per heavy atom. The summed E-state index contributed by atoms with van der Waals surface area (Å²) < 4.78 is 4.59. The number of rotatable bonds is 3. The first-order valence-corrected chi connectivity index (χ1v) is 7.19. The van der Waals surface area contributed by atoms with Gasteiger partial charge in [0, 0.05) is 13.1 Å². The first-order valence-electron chi connectivity index (χ1n) is 7.19. The molecule has 1 amide bonds. The standard InChI is InChI=1S/C14H24N2O3/c1-16(9-13(17)19-2)14(18)12-8-7-10-5-3-4-6-11(10)15-12/h10-12,15H,3-9H2,1-2H3. The molecular formula is C14H24N2O3. The summed E-state index contributed by atoms with van der Waals surface area (Å²) >= 11 is 0. The van der Waals surface area contributed by atoms with Crippen molar-refractivity contribution in [3.05, 3.63) is 0 Å². The number of carbonyl (C=O) groups is 2. The van der Waals surface area contributed by atoms with Crippen LogP contribution in [0.3, 0.4) is 0 Å². The fourth-order valence-electron chi connectivity index (χ4n) is 3.29. The maximum atomic E-state index is 12.3. The van der Waals surface area contributed by atoms with Crippen molar-refractivity contribution in [1.82, 2.24) is 10.2 Å². The summed E-state index contributed by atoms with van der Waals surface area (Å²) in [6, 6.07) is 0.358. The van der Waals surface area contributed by atoms with E-state index in [2.05, 4.69) is 10.1 Å². The minimum Gasteiger partial charge on any atom is -0.468 e. The normalized spacial score (nSPS) is 30.3. The molecule has 0 radical (unpaired) electrons. The van der Waals surface area contributed by atoms with E-state index in [-0.39, 0.29) is 24.5 Å². The maximum Gasteiger partial charge on any atom is 0.325 e. The number of ether oxygens (including phenoxy) is 1. The molecule has 1 heterocycles. The highest BCUT2D eigenvalue weighted by atomic mass is 16.5. The first-order chi connectivity index (χ1) is 9.11. The van der Waals surface area contributed by atoms with Gasteiger partial charge in [0.2, 0.25) is 5.91 Å². The lowest BCUT2D eigenvalue weighted by Crippen LogP contribution is -2.55. The lowest BCUT2D eigenvalue weighted by molar-refractivity contribution is -0.147. The molecule has 0 bridgehead atoms. The van der Waals surface area contributed by atoms with E-state index in [1.807, 2.05) is 0 Å². The van der Waals surface area contributed by atoms with E-state index in [0.29, 0.717) is 6.04 Å². The molecule has 2 aliphatic rings. The zero-order valence-corrected chi connectivity index (χ0v) is 11.9. The largest absolute Gasteiger partial charge is 0.468 e. The summed E-state index contributed by atoms with van der Waals surface area (Å²) in [7, 11) is 3.00. The van der Waals surface area contributed by atoms with Gasteiger partial charge in [-0.15, -0.1) is 0 Å². The van der Waals surface area contributed by atoms with Crippen LogP contribution in [-0.4, -0.2) is 49.6 Å². The number of hydrogen-bond donors (Lipinski definition) is 1. The van der Waals surface area contributed by atoms with Crippen molar-refractivity contribution < 1.29 is 14.3 Å². The third kappa shape index (κ3) is 3.47. The third-order valence-electron chi connectivity index (χ3n) is 4.42. The van der Waals surface area contributed by atoms with Gasteiger partial charge in [0.15, 0.2) is 0 Å². The van der Waals surface area contributed by atoms with Crippen molar-refractivity contribution in [2.24, 2.45) is 5.92 Å². The Morgan fingerprint density at radius 2 is 1.95 bits per heavy atom. The molecule has 0 aromatic heterocycles. The van der Waals surface area contributed by atoms with E-state index in [4.69, 9.17) is 0 Å². The van der Waals surface area contributed by atoms with Crippen LogP contribution in [0.2, 0.25) is 0 Å². The molecule has 5 nitrogen and oxygen atoms in total. The fraction of sp³-hybridized carbons (Fsp3) is 0.857. The third-order valence-corrected chi connectivity index (χ3v) is 4.42. The molecule has 2 rings (SSSR count). The summed E-state index contributed by atoms with van der Waals surface area (Å²) in [6.07, 6.45) is 7.05. The zero-order chi connectivity index (χ0) is 13.8. The molecule has 2 fully saturated rings. The SMILES string of the molecule is COC(=O)CN(C)C(=O)C1CCC2CCCCC2N1. The van der Waals surface area contributed by atoms with E-state index in [1.54, 1.807) is 7.05 Å². The smallest absolute Gasteiger partial charge is 0.325 e. The highest BCUT2D eigenvalue weighted by molar-refractivity contribution is 5.85. The number of fused-ring (bicyclic) bond motifs is 1. The average molecular weight is 268 g/mol. The monoisotopic (exact) mass is 268 g/mol. The van der Waals surface area contributed by atoms with Gasteiger partial charge in [0.1, 0.15) is 6.54 Å².